The molecule has 0 spiro atoms. The van der Waals surface area contributed by atoms with Crippen LogP contribution in [0.1, 0.15) is 0 Å². The van der Waals surface area contributed by atoms with Crippen LogP contribution < -0.4 is 0 Å². The highest BCUT2D eigenvalue weighted by Gasteiger charge is 2.08. The fraction of sp³-hybridized carbons (Fsp3) is 0.857. The second kappa shape index (κ2) is 4.41. The van der Waals surface area contributed by atoms with Gasteiger partial charge in [0.2, 0.25) is 0 Å². The molecule has 0 aromatic heterocycles. The smallest absolute Gasteiger partial charge is 0.0975 e. The zero-order valence-electron chi connectivity index (χ0n) is 7.50. The van der Waals surface area contributed by atoms with E-state index >= 15 is 0 Å². The summed E-state index contributed by atoms with van der Waals surface area (Å²) in [7, 11) is 9.93. The second-order valence-electron chi connectivity index (χ2n) is 2.75. The Bertz CT molecular complexity index is 99.4. The molecule has 10 heavy (non-hydrogen) atoms. The van der Waals surface area contributed by atoms with Crippen LogP contribution in [-0.2, 0) is 0 Å². The fourth-order valence-corrected chi connectivity index (χ4v) is 0.862. The molecule has 0 bridgehead atoms. The zero-order chi connectivity index (χ0) is 8.15. The summed E-state index contributed by atoms with van der Waals surface area (Å²) in [6.07, 6.45) is 2.23. The van der Waals surface area contributed by atoms with E-state index in [0.717, 1.165) is 0 Å². The summed E-state index contributed by atoms with van der Waals surface area (Å²) >= 11 is 0. The summed E-state index contributed by atoms with van der Waals surface area (Å²) in [4.78, 5) is 8.18. The monoisotopic (exact) mass is 143 g/mol. The first-order valence-electron chi connectivity index (χ1n) is 3.34. The van der Waals surface area contributed by atoms with Crippen molar-refractivity contribution in [3.8, 4) is 0 Å². The van der Waals surface area contributed by atoms with Gasteiger partial charge in [-0.15, -0.1) is 0 Å². The highest BCUT2D eigenvalue weighted by Crippen LogP contribution is 1.92. The van der Waals surface area contributed by atoms with E-state index in [0.29, 0.717) is 6.17 Å². The first kappa shape index (κ1) is 9.59. The average Bonchev–Trinajstić information content (AvgIpc) is 1.81. The average molecular weight is 143 g/mol. The molecule has 0 unspecified atom stereocenters. The van der Waals surface area contributed by atoms with Crippen molar-refractivity contribution in [2.24, 2.45) is 4.99 Å². The SMILES string of the molecule is CN=CC(N(C)C)N(C)C. The maximum atomic E-state index is 3.97. The van der Waals surface area contributed by atoms with Gasteiger partial charge in [0, 0.05) is 13.3 Å². The molecule has 0 heterocycles. The van der Waals surface area contributed by atoms with Gasteiger partial charge in [-0.1, -0.05) is 0 Å². The maximum absolute atomic E-state index is 3.97. The number of hydrogen-bond acceptors (Lipinski definition) is 3. The first-order chi connectivity index (χ1) is 4.59. The van der Waals surface area contributed by atoms with Gasteiger partial charge in [0.05, 0.1) is 6.17 Å². The van der Waals surface area contributed by atoms with E-state index in [2.05, 4.69) is 14.8 Å². The van der Waals surface area contributed by atoms with E-state index in [9.17, 15) is 0 Å². The molecule has 0 aromatic rings. The van der Waals surface area contributed by atoms with E-state index in [-0.39, 0.29) is 0 Å². The molecule has 0 amide bonds. The molecule has 0 radical (unpaired) electrons. The number of aliphatic imine (C=N–C) groups is 1. The first-order valence-corrected chi connectivity index (χ1v) is 3.34. The van der Waals surface area contributed by atoms with Crippen LogP contribution in [0.15, 0.2) is 4.99 Å². The van der Waals surface area contributed by atoms with Crippen LogP contribution in [-0.4, -0.2) is 57.4 Å². The molecule has 0 fully saturated rings. The Morgan fingerprint density at radius 1 is 1.10 bits per heavy atom. The lowest BCUT2D eigenvalue weighted by molar-refractivity contribution is 0.195. The van der Waals surface area contributed by atoms with Crippen LogP contribution in [0.5, 0.6) is 0 Å². The molecule has 3 heteroatoms. The van der Waals surface area contributed by atoms with E-state index in [1.807, 2.05) is 34.4 Å². The number of hydrogen-bond donors (Lipinski definition) is 0. The molecule has 0 aliphatic heterocycles. The van der Waals surface area contributed by atoms with Crippen molar-refractivity contribution in [1.29, 1.82) is 0 Å². The lowest BCUT2D eigenvalue weighted by atomic mass is 10.4. The van der Waals surface area contributed by atoms with E-state index in [1.54, 1.807) is 7.05 Å². The summed E-state index contributed by atoms with van der Waals surface area (Å²) < 4.78 is 0. The van der Waals surface area contributed by atoms with Crippen molar-refractivity contribution >= 4 is 6.21 Å². The minimum absolute atomic E-state index is 0.310. The lowest BCUT2D eigenvalue weighted by Crippen LogP contribution is -2.41. The van der Waals surface area contributed by atoms with Crippen molar-refractivity contribution in [2.75, 3.05) is 35.2 Å². The third-order valence-electron chi connectivity index (χ3n) is 1.34. The van der Waals surface area contributed by atoms with Gasteiger partial charge >= 0.3 is 0 Å². The lowest BCUT2D eigenvalue weighted by Gasteiger charge is -2.26. The quantitative estimate of drug-likeness (QED) is 0.413. The van der Waals surface area contributed by atoms with Gasteiger partial charge < -0.3 is 0 Å². The largest absolute Gasteiger partial charge is 0.298 e. The van der Waals surface area contributed by atoms with Crippen LogP contribution in [0.3, 0.4) is 0 Å². The van der Waals surface area contributed by atoms with Gasteiger partial charge in [0.1, 0.15) is 0 Å². The van der Waals surface area contributed by atoms with Gasteiger partial charge in [-0.2, -0.15) is 0 Å². The van der Waals surface area contributed by atoms with Crippen LogP contribution in [0.25, 0.3) is 0 Å². The molecule has 0 saturated carbocycles. The Morgan fingerprint density at radius 3 is 1.60 bits per heavy atom. The summed E-state index contributed by atoms with van der Waals surface area (Å²) in [5, 5.41) is 0. The molecule has 0 N–H and O–H groups in total. The normalized spacial score (nSPS) is 12.8. The Labute approximate surface area is 63.3 Å². The minimum Gasteiger partial charge on any atom is -0.298 e. The molecule has 0 atom stereocenters. The molecule has 3 nitrogen and oxygen atoms in total. The summed E-state index contributed by atoms with van der Waals surface area (Å²) in [5.41, 5.74) is 0. The van der Waals surface area contributed by atoms with E-state index in [1.165, 1.54) is 0 Å². The van der Waals surface area contributed by atoms with Gasteiger partial charge in [-0.05, 0) is 28.2 Å². The van der Waals surface area contributed by atoms with Crippen LogP contribution in [0, 0.1) is 0 Å². The molecule has 0 saturated heterocycles. The molecule has 0 rings (SSSR count). The fourth-order valence-electron chi connectivity index (χ4n) is 0.862. The minimum atomic E-state index is 0.310. The molecule has 0 aromatic carbocycles. The second-order valence-corrected chi connectivity index (χ2v) is 2.75. The van der Waals surface area contributed by atoms with Gasteiger partial charge in [0.15, 0.2) is 0 Å². The number of nitrogens with zero attached hydrogens (tertiary/aromatic N) is 3. The third kappa shape index (κ3) is 2.94. The van der Waals surface area contributed by atoms with Crippen molar-refractivity contribution in [3.05, 3.63) is 0 Å². The number of rotatable bonds is 3. The standard InChI is InChI=1S/C7H17N3/c1-8-6-7(9(2)3)10(4)5/h6-7H,1-5H3. The van der Waals surface area contributed by atoms with E-state index in [4.69, 9.17) is 0 Å². The van der Waals surface area contributed by atoms with Crippen molar-refractivity contribution < 1.29 is 0 Å². The molecule has 60 valence electrons. The predicted octanol–water partition coefficient (Wildman–Crippen LogP) is 0.136. The van der Waals surface area contributed by atoms with Crippen LogP contribution in [0.4, 0.5) is 0 Å². The molecule has 0 aliphatic rings. The summed E-state index contributed by atoms with van der Waals surface area (Å²) in [6, 6.07) is 0. The van der Waals surface area contributed by atoms with Gasteiger partial charge in [0.25, 0.3) is 0 Å². The van der Waals surface area contributed by atoms with Crippen molar-refractivity contribution in [3.63, 3.8) is 0 Å². The maximum Gasteiger partial charge on any atom is 0.0975 e. The topological polar surface area (TPSA) is 18.8 Å². The Morgan fingerprint density at radius 2 is 1.50 bits per heavy atom. The zero-order valence-corrected chi connectivity index (χ0v) is 7.50. The summed E-state index contributed by atoms with van der Waals surface area (Å²) in [6.45, 7) is 0. The molecular weight excluding hydrogens is 126 g/mol. The Balaban J connectivity index is 3.98. The molecule has 0 aliphatic carbocycles. The predicted molar refractivity (Wildman–Crippen MR) is 45.6 cm³/mol. The summed E-state index contributed by atoms with van der Waals surface area (Å²) in [5.74, 6) is 0. The van der Waals surface area contributed by atoms with Crippen LogP contribution >= 0.6 is 0 Å². The van der Waals surface area contributed by atoms with Gasteiger partial charge in [-0.3, -0.25) is 14.8 Å². The Kier molecular flexibility index (Phi) is 4.23. The van der Waals surface area contributed by atoms with Crippen molar-refractivity contribution in [2.45, 2.75) is 6.17 Å². The molecular formula is C7H17N3. The highest BCUT2D eigenvalue weighted by molar-refractivity contribution is 5.63. The van der Waals surface area contributed by atoms with E-state index < -0.39 is 0 Å². The highest BCUT2D eigenvalue weighted by atomic mass is 15.3. The third-order valence-corrected chi connectivity index (χ3v) is 1.34. The van der Waals surface area contributed by atoms with Crippen LogP contribution in [0.2, 0.25) is 0 Å². The van der Waals surface area contributed by atoms with Gasteiger partial charge in [-0.25, -0.2) is 0 Å². The van der Waals surface area contributed by atoms with Crippen molar-refractivity contribution in [1.82, 2.24) is 9.80 Å². The Hall–Kier alpha value is -0.410.